The van der Waals surface area contributed by atoms with Crippen molar-refractivity contribution in [2.75, 3.05) is 27.2 Å². The standard InChI is InChI=1S/C15H19NO4/c1-16-8-11(9-16)20-13-7-10(3-4-12(13)19-2)15(5-6-15)14(17)18/h3-4,7,11H,5-6,8-9H2,1-2H3,(H,17,18). The highest BCUT2D eigenvalue weighted by atomic mass is 16.5. The van der Waals surface area contributed by atoms with E-state index in [0.717, 1.165) is 18.7 Å². The number of hydrogen-bond acceptors (Lipinski definition) is 4. The zero-order valence-electron chi connectivity index (χ0n) is 11.8. The van der Waals surface area contributed by atoms with Crippen LogP contribution in [0.3, 0.4) is 0 Å². The summed E-state index contributed by atoms with van der Waals surface area (Å²) in [5, 5.41) is 9.37. The number of carbonyl (C=O) groups is 1. The first-order chi connectivity index (χ1) is 9.55. The van der Waals surface area contributed by atoms with Crippen molar-refractivity contribution in [2.45, 2.75) is 24.4 Å². The van der Waals surface area contributed by atoms with Crippen LogP contribution in [0.2, 0.25) is 0 Å². The second-order valence-corrected chi connectivity index (χ2v) is 5.71. The second kappa shape index (κ2) is 4.66. The fraction of sp³-hybridized carbons (Fsp3) is 0.533. The van der Waals surface area contributed by atoms with E-state index < -0.39 is 11.4 Å². The van der Waals surface area contributed by atoms with Crippen molar-refractivity contribution in [2.24, 2.45) is 0 Å². The van der Waals surface area contributed by atoms with E-state index >= 15 is 0 Å². The van der Waals surface area contributed by atoms with E-state index in [1.165, 1.54) is 0 Å². The van der Waals surface area contributed by atoms with Gasteiger partial charge in [-0.15, -0.1) is 0 Å². The third-order valence-corrected chi connectivity index (χ3v) is 4.20. The normalized spacial score (nSPS) is 21.1. The number of benzene rings is 1. The summed E-state index contributed by atoms with van der Waals surface area (Å²) >= 11 is 0. The number of likely N-dealkylation sites (tertiary alicyclic amines) is 1. The molecule has 1 aromatic rings. The Hall–Kier alpha value is -1.75. The summed E-state index contributed by atoms with van der Waals surface area (Å²) in [6, 6.07) is 5.47. The van der Waals surface area contributed by atoms with Crippen LogP contribution in [0.25, 0.3) is 0 Å². The largest absolute Gasteiger partial charge is 0.493 e. The highest BCUT2D eigenvalue weighted by Crippen LogP contribution is 2.50. The average Bonchev–Trinajstić information content (AvgIpc) is 3.18. The van der Waals surface area contributed by atoms with Gasteiger partial charge in [0, 0.05) is 13.1 Å². The maximum absolute atomic E-state index is 11.4. The average molecular weight is 277 g/mol. The lowest BCUT2D eigenvalue weighted by molar-refractivity contribution is -0.140. The molecular weight excluding hydrogens is 258 g/mol. The maximum atomic E-state index is 11.4. The molecular formula is C15H19NO4. The predicted molar refractivity (Wildman–Crippen MR) is 73.5 cm³/mol. The van der Waals surface area contributed by atoms with Crippen LogP contribution in [0.1, 0.15) is 18.4 Å². The maximum Gasteiger partial charge on any atom is 0.314 e. The lowest BCUT2D eigenvalue weighted by Gasteiger charge is -2.36. The summed E-state index contributed by atoms with van der Waals surface area (Å²) in [6.45, 7) is 1.77. The molecule has 1 saturated carbocycles. The molecule has 5 heteroatoms. The number of carboxylic acids is 1. The van der Waals surface area contributed by atoms with Crippen molar-refractivity contribution in [1.29, 1.82) is 0 Å². The Morgan fingerprint density at radius 1 is 1.35 bits per heavy atom. The fourth-order valence-corrected chi connectivity index (χ4v) is 2.71. The van der Waals surface area contributed by atoms with Crippen molar-refractivity contribution in [3.8, 4) is 11.5 Å². The Kier molecular flexibility index (Phi) is 3.09. The van der Waals surface area contributed by atoms with Crippen LogP contribution in [0, 0.1) is 0 Å². The molecule has 5 nitrogen and oxygen atoms in total. The zero-order valence-corrected chi connectivity index (χ0v) is 11.8. The Labute approximate surface area is 118 Å². The number of ether oxygens (including phenoxy) is 2. The van der Waals surface area contributed by atoms with Crippen LogP contribution in [-0.2, 0) is 10.2 Å². The molecule has 1 aliphatic heterocycles. The molecule has 1 aromatic carbocycles. The van der Waals surface area contributed by atoms with Gasteiger partial charge in [0.05, 0.1) is 12.5 Å². The van der Waals surface area contributed by atoms with E-state index in [2.05, 4.69) is 4.90 Å². The molecule has 1 heterocycles. The first-order valence-corrected chi connectivity index (χ1v) is 6.82. The molecule has 0 amide bonds. The minimum atomic E-state index is -0.753. The molecule has 108 valence electrons. The van der Waals surface area contributed by atoms with E-state index in [1.807, 2.05) is 19.2 Å². The Bertz CT molecular complexity index is 533. The van der Waals surface area contributed by atoms with Crippen LogP contribution in [-0.4, -0.2) is 49.3 Å². The molecule has 0 aromatic heterocycles. The number of methoxy groups -OCH3 is 1. The van der Waals surface area contributed by atoms with Gasteiger partial charge in [-0.1, -0.05) is 6.07 Å². The highest BCUT2D eigenvalue weighted by Gasteiger charge is 2.52. The number of rotatable bonds is 5. The molecule has 1 N–H and O–H groups in total. The lowest BCUT2D eigenvalue weighted by atomic mass is 9.96. The Balaban J connectivity index is 1.85. The fourth-order valence-electron chi connectivity index (χ4n) is 2.71. The predicted octanol–water partition coefficient (Wildman–Crippen LogP) is 1.50. The lowest BCUT2D eigenvalue weighted by Crippen LogP contribution is -2.51. The molecule has 0 spiro atoms. The highest BCUT2D eigenvalue weighted by molar-refractivity contribution is 5.85. The molecule has 1 saturated heterocycles. The molecule has 0 bridgehead atoms. The van der Waals surface area contributed by atoms with E-state index in [9.17, 15) is 9.90 Å². The number of carboxylic acid groups (broad SMARTS) is 1. The van der Waals surface area contributed by atoms with Crippen LogP contribution < -0.4 is 9.47 Å². The summed E-state index contributed by atoms with van der Waals surface area (Å²) in [4.78, 5) is 13.6. The minimum Gasteiger partial charge on any atom is -0.493 e. The van der Waals surface area contributed by atoms with Gasteiger partial charge < -0.3 is 14.6 Å². The van der Waals surface area contributed by atoms with Gasteiger partial charge in [-0.25, -0.2) is 0 Å². The van der Waals surface area contributed by atoms with E-state index in [4.69, 9.17) is 9.47 Å². The second-order valence-electron chi connectivity index (χ2n) is 5.71. The molecule has 3 rings (SSSR count). The molecule has 1 aliphatic carbocycles. The summed E-state index contributed by atoms with van der Waals surface area (Å²) in [6.07, 6.45) is 1.55. The third kappa shape index (κ3) is 2.12. The summed E-state index contributed by atoms with van der Waals surface area (Å²) in [5.74, 6) is 0.553. The molecule has 2 fully saturated rings. The molecule has 2 aliphatic rings. The SMILES string of the molecule is COc1ccc(C2(C(=O)O)CC2)cc1OC1CN(C)C1. The molecule has 0 atom stereocenters. The minimum absolute atomic E-state index is 0.157. The van der Waals surface area contributed by atoms with Gasteiger partial charge in [-0.3, -0.25) is 9.69 Å². The van der Waals surface area contributed by atoms with Crippen molar-refractivity contribution in [3.05, 3.63) is 23.8 Å². The first kappa shape index (κ1) is 13.2. The Morgan fingerprint density at radius 3 is 2.55 bits per heavy atom. The summed E-state index contributed by atoms with van der Waals surface area (Å²) < 4.78 is 11.2. The number of aliphatic carboxylic acids is 1. The molecule has 0 unspecified atom stereocenters. The number of nitrogens with zero attached hydrogens (tertiary/aromatic N) is 1. The van der Waals surface area contributed by atoms with Gasteiger partial charge in [-0.2, -0.15) is 0 Å². The van der Waals surface area contributed by atoms with Gasteiger partial charge in [0.1, 0.15) is 6.10 Å². The number of hydrogen-bond donors (Lipinski definition) is 1. The van der Waals surface area contributed by atoms with E-state index in [0.29, 0.717) is 24.3 Å². The van der Waals surface area contributed by atoms with Crippen LogP contribution in [0.15, 0.2) is 18.2 Å². The van der Waals surface area contributed by atoms with Gasteiger partial charge in [0.2, 0.25) is 0 Å². The van der Waals surface area contributed by atoms with Crippen LogP contribution in [0.4, 0.5) is 0 Å². The summed E-state index contributed by atoms with van der Waals surface area (Å²) in [7, 11) is 3.63. The van der Waals surface area contributed by atoms with Gasteiger partial charge in [0.15, 0.2) is 11.5 Å². The quantitative estimate of drug-likeness (QED) is 0.884. The van der Waals surface area contributed by atoms with Crippen molar-refractivity contribution in [1.82, 2.24) is 4.90 Å². The summed E-state index contributed by atoms with van der Waals surface area (Å²) in [5.41, 5.74) is 0.106. The van der Waals surface area contributed by atoms with Crippen molar-refractivity contribution < 1.29 is 19.4 Å². The molecule has 0 radical (unpaired) electrons. The first-order valence-electron chi connectivity index (χ1n) is 6.82. The smallest absolute Gasteiger partial charge is 0.314 e. The van der Waals surface area contributed by atoms with Gasteiger partial charge in [0.25, 0.3) is 0 Å². The van der Waals surface area contributed by atoms with Crippen LogP contribution in [0.5, 0.6) is 11.5 Å². The zero-order chi connectivity index (χ0) is 14.3. The van der Waals surface area contributed by atoms with Crippen molar-refractivity contribution in [3.63, 3.8) is 0 Å². The van der Waals surface area contributed by atoms with Crippen molar-refractivity contribution >= 4 is 5.97 Å². The third-order valence-electron chi connectivity index (χ3n) is 4.20. The van der Waals surface area contributed by atoms with E-state index in [1.54, 1.807) is 13.2 Å². The topological polar surface area (TPSA) is 59.0 Å². The van der Waals surface area contributed by atoms with Gasteiger partial charge >= 0.3 is 5.97 Å². The van der Waals surface area contributed by atoms with Gasteiger partial charge in [-0.05, 0) is 37.6 Å². The monoisotopic (exact) mass is 277 g/mol. The van der Waals surface area contributed by atoms with E-state index in [-0.39, 0.29) is 6.10 Å². The Morgan fingerprint density at radius 2 is 2.05 bits per heavy atom. The molecule has 20 heavy (non-hydrogen) atoms. The van der Waals surface area contributed by atoms with Crippen LogP contribution >= 0.6 is 0 Å². The number of likely N-dealkylation sites (N-methyl/N-ethyl adjacent to an activating group) is 1.